The fourth-order valence-electron chi connectivity index (χ4n) is 4.45. The van der Waals surface area contributed by atoms with Gasteiger partial charge in [-0.05, 0) is 50.8 Å². The molecule has 0 N–H and O–H groups in total. The molecule has 136 valence electrons. The minimum Gasteiger partial charge on any atom is -0.340 e. The maximum absolute atomic E-state index is 12.8. The molecule has 2 unspecified atom stereocenters. The molecule has 25 heavy (non-hydrogen) atoms. The summed E-state index contributed by atoms with van der Waals surface area (Å²) >= 11 is 0. The van der Waals surface area contributed by atoms with E-state index in [-0.39, 0.29) is 5.92 Å². The Bertz CT molecular complexity index is 603. The summed E-state index contributed by atoms with van der Waals surface area (Å²) < 4.78 is 0. The Kier molecular flexibility index (Phi) is 5.09. The smallest absolute Gasteiger partial charge is 0.226 e. The van der Waals surface area contributed by atoms with E-state index in [0.29, 0.717) is 11.8 Å². The van der Waals surface area contributed by atoms with Crippen LogP contribution in [0.5, 0.6) is 0 Å². The van der Waals surface area contributed by atoms with Crippen LogP contribution in [0.1, 0.15) is 36.3 Å². The molecular weight excluding hydrogens is 310 g/mol. The first-order chi connectivity index (χ1) is 12.2. The van der Waals surface area contributed by atoms with Gasteiger partial charge in [-0.1, -0.05) is 29.8 Å². The molecule has 1 aliphatic carbocycles. The van der Waals surface area contributed by atoms with Crippen molar-refractivity contribution in [1.82, 2.24) is 14.7 Å². The minimum absolute atomic E-state index is 0.234. The third-order valence-electron chi connectivity index (χ3n) is 6.19. The van der Waals surface area contributed by atoms with E-state index in [4.69, 9.17) is 0 Å². The fraction of sp³-hybridized carbons (Fsp3) is 0.667. The maximum atomic E-state index is 12.8. The van der Waals surface area contributed by atoms with Gasteiger partial charge in [-0.3, -0.25) is 9.69 Å². The number of nitrogens with zero attached hydrogens (tertiary/aromatic N) is 3. The van der Waals surface area contributed by atoms with Gasteiger partial charge in [-0.2, -0.15) is 0 Å². The summed E-state index contributed by atoms with van der Waals surface area (Å²) in [5, 5.41) is 0. The standard InChI is InChI=1S/C21H31N3O/c1-17-5-4-6-18(15-17)19-16-20(19)21(25)24-13-11-23(12-14-24)10-9-22-7-2-3-8-22/h4-6,15,19-20H,2-3,7-14,16H2,1H3. The van der Waals surface area contributed by atoms with E-state index in [1.807, 2.05) is 0 Å². The first-order valence-electron chi connectivity index (χ1n) is 10.0. The summed E-state index contributed by atoms with van der Waals surface area (Å²) in [5.74, 6) is 1.09. The van der Waals surface area contributed by atoms with E-state index in [1.54, 1.807) is 0 Å². The Labute approximate surface area is 151 Å². The van der Waals surface area contributed by atoms with Gasteiger partial charge in [0.2, 0.25) is 5.91 Å². The van der Waals surface area contributed by atoms with Crippen molar-refractivity contribution in [3.05, 3.63) is 35.4 Å². The summed E-state index contributed by atoms with van der Waals surface area (Å²) in [7, 11) is 0. The summed E-state index contributed by atoms with van der Waals surface area (Å²) in [4.78, 5) is 20.0. The molecule has 2 atom stereocenters. The molecule has 0 aromatic heterocycles. The predicted octanol–water partition coefficient (Wildman–Crippen LogP) is 2.34. The van der Waals surface area contributed by atoms with Crippen LogP contribution in [0.4, 0.5) is 0 Å². The van der Waals surface area contributed by atoms with E-state index in [1.165, 1.54) is 43.6 Å². The van der Waals surface area contributed by atoms with Crippen LogP contribution in [-0.4, -0.2) is 73.0 Å². The number of carbonyl (C=O) groups excluding carboxylic acids is 1. The highest BCUT2D eigenvalue weighted by Gasteiger charge is 2.46. The van der Waals surface area contributed by atoms with Crippen molar-refractivity contribution in [3.63, 3.8) is 0 Å². The first-order valence-corrected chi connectivity index (χ1v) is 10.0. The number of hydrogen-bond donors (Lipinski definition) is 0. The van der Waals surface area contributed by atoms with Crippen LogP contribution in [0, 0.1) is 12.8 Å². The number of piperazine rings is 1. The number of amides is 1. The fourth-order valence-corrected chi connectivity index (χ4v) is 4.45. The van der Waals surface area contributed by atoms with E-state index < -0.39 is 0 Å². The van der Waals surface area contributed by atoms with Crippen LogP contribution in [0.2, 0.25) is 0 Å². The Hall–Kier alpha value is -1.39. The molecule has 2 aliphatic heterocycles. The number of hydrogen-bond acceptors (Lipinski definition) is 3. The highest BCUT2D eigenvalue weighted by molar-refractivity contribution is 5.83. The van der Waals surface area contributed by atoms with Crippen molar-refractivity contribution in [1.29, 1.82) is 0 Å². The quantitative estimate of drug-likeness (QED) is 0.822. The normalized spacial score (nSPS) is 27.6. The molecule has 4 heteroatoms. The van der Waals surface area contributed by atoms with Gasteiger partial charge in [0.15, 0.2) is 0 Å². The average molecular weight is 341 g/mol. The van der Waals surface area contributed by atoms with Crippen LogP contribution in [0.25, 0.3) is 0 Å². The lowest BCUT2D eigenvalue weighted by molar-refractivity contribution is -0.134. The lowest BCUT2D eigenvalue weighted by Gasteiger charge is -2.35. The van der Waals surface area contributed by atoms with Crippen LogP contribution < -0.4 is 0 Å². The third-order valence-corrected chi connectivity index (χ3v) is 6.19. The lowest BCUT2D eigenvalue weighted by atomic mass is 10.1. The molecule has 1 aromatic rings. The Morgan fingerprint density at radius 3 is 2.36 bits per heavy atom. The third kappa shape index (κ3) is 4.06. The molecule has 1 saturated carbocycles. The van der Waals surface area contributed by atoms with Crippen LogP contribution in [-0.2, 0) is 4.79 Å². The number of rotatable bonds is 5. The van der Waals surface area contributed by atoms with Gasteiger partial charge >= 0.3 is 0 Å². The van der Waals surface area contributed by atoms with E-state index in [0.717, 1.165) is 39.1 Å². The van der Waals surface area contributed by atoms with Gasteiger partial charge in [0.05, 0.1) is 0 Å². The Balaban J connectivity index is 1.22. The second kappa shape index (κ2) is 7.46. The van der Waals surface area contributed by atoms with Crippen molar-refractivity contribution >= 4 is 5.91 Å². The van der Waals surface area contributed by atoms with Gasteiger partial charge in [0.1, 0.15) is 0 Å². The summed E-state index contributed by atoms with van der Waals surface area (Å²) in [6, 6.07) is 8.67. The Morgan fingerprint density at radius 2 is 1.68 bits per heavy atom. The molecule has 0 spiro atoms. The predicted molar refractivity (Wildman–Crippen MR) is 101 cm³/mol. The number of benzene rings is 1. The lowest BCUT2D eigenvalue weighted by Crippen LogP contribution is -2.50. The summed E-state index contributed by atoms with van der Waals surface area (Å²) in [6.45, 7) is 11.0. The highest BCUT2D eigenvalue weighted by atomic mass is 16.2. The zero-order chi connectivity index (χ0) is 17.2. The SMILES string of the molecule is Cc1cccc(C2CC2C(=O)N2CCN(CCN3CCCC3)CC2)c1. The summed E-state index contributed by atoms with van der Waals surface area (Å²) in [6.07, 6.45) is 3.77. The second-order valence-electron chi connectivity index (χ2n) is 8.08. The second-order valence-corrected chi connectivity index (χ2v) is 8.08. The average Bonchev–Trinajstić information content (AvgIpc) is 3.27. The van der Waals surface area contributed by atoms with Crippen LogP contribution >= 0.6 is 0 Å². The van der Waals surface area contributed by atoms with Gasteiger partial charge < -0.3 is 9.80 Å². The molecule has 2 heterocycles. The molecule has 3 aliphatic rings. The highest BCUT2D eigenvalue weighted by Crippen LogP contribution is 2.48. The van der Waals surface area contributed by atoms with Crippen molar-refractivity contribution in [2.75, 3.05) is 52.4 Å². The Morgan fingerprint density at radius 1 is 1.00 bits per heavy atom. The molecule has 1 aromatic carbocycles. The van der Waals surface area contributed by atoms with Crippen LogP contribution in [0.3, 0.4) is 0 Å². The van der Waals surface area contributed by atoms with Crippen molar-refractivity contribution < 1.29 is 4.79 Å². The van der Waals surface area contributed by atoms with Gasteiger partial charge in [0.25, 0.3) is 0 Å². The van der Waals surface area contributed by atoms with Gasteiger partial charge in [-0.25, -0.2) is 0 Å². The zero-order valence-corrected chi connectivity index (χ0v) is 15.5. The maximum Gasteiger partial charge on any atom is 0.226 e. The monoisotopic (exact) mass is 341 g/mol. The molecule has 0 radical (unpaired) electrons. The first kappa shape index (κ1) is 17.0. The number of aryl methyl sites for hydroxylation is 1. The number of likely N-dealkylation sites (tertiary alicyclic amines) is 1. The molecule has 1 amide bonds. The van der Waals surface area contributed by atoms with E-state index >= 15 is 0 Å². The molecule has 3 fully saturated rings. The minimum atomic E-state index is 0.234. The van der Waals surface area contributed by atoms with Crippen molar-refractivity contribution in [2.24, 2.45) is 5.92 Å². The molecule has 4 nitrogen and oxygen atoms in total. The molecule has 2 saturated heterocycles. The van der Waals surface area contributed by atoms with Crippen LogP contribution in [0.15, 0.2) is 24.3 Å². The van der Waals surface area contributed by atoms with Crippen molar-refractivity contribution in [2.45, 2.75) is 32.1 Å². The molecule has 0 bridgehead atoms. The molecule has 4 rings (SSSR count). The topological polar surface area (TPSA) is 26.8 Å². The largest absolute Gasteiger partial charge is 0.340 e. The van der Waals surface area contributed by atoms with E-state index in [9.17, 15) is 4.79 Å². The summed E-state index contributed by atoms with van der Waals surface area (Å²) in [5.41, 5.74) is 2.64. The van der Waals surface area contributed by atoms with Gasteiger partial charge in [0, 0.05) is 45.2 Å². The zero-order valence-electron chi connectivity index (χ0n) is 15.5. The van der Waals surface area contributed by atoms with E-state index in [2.05, 4.69) is 45.9 Å². The van der Waals surface area contributed by atoms with Gasteiger partial charge in [-0.15, -0.1) is 0 Å². The molecular formula is C21H31N3O. The number of carbonyl (C=O) groups is 1. The van der Waals surface area contributed by atoms with Crippen molar-refractivity contribution in [3.8, 4) is 0 Å².